The molecule has 0 unspecified atom stereocenters. The molecule has 3 rings (SSSR count). The van der Waals surface area contributed by atoms with Crippen LogP contribution < -0.4 is 24.0 Å². The molecule has 0 fully saturated rings. The molecule has 76 valence electrons. The fourth-order valence-electron chi connectivity index (χ4n) is 2.03. The van der Waals surface area contributed by atoms with Crippen molar-refractivity contribution in [2.24, 2.45) is 4.97 Å². The number of hydrogen-bond acceptors (Lipinski definition) is 0. The first-order chi connectivity index (χ1) is 6.88. The Balaban J connectivity index is 0.000000853. The van der Waals surface area contributed by atoms with Crippen molar-refractivity contribution in [3.63, 3.8) is 0 Å². The van der Waals surface area contributed by atoms with Crippen LogP contribution in [0.1, 0.15) is 0 Å². The third kappa shape index (κ3) is 1.73. The van der Waals surface area contributed by atoms with E-state index >= 15 is 0 Å². The SMILES string of the molecule is C[te+]1c2ccccc2c2ccccc21.[I-]. The minimum atomic E-state index is -1.16. The van der Waals surface area contributed by atoms with Gasteiger partial charge in [0, 0.05) is 0 Å². The molecular weight excluding hydrogens is 411 g/mol. The van der Waals surface area contributed by atoms with Crippen molar-refractivity contribution in [2.45, 2.75) is 0 Å². The van der Waals surface area contributed by atoms with Crippen molar-refractivity contribution in [3.8, 4) is 0 Å². The van der Waals surface area contributed by atoms with Gasteiger partial charge in [0.25, 0.3) is 0 Å². The Labute approximate surface area is 113 Å². The Hall–Kier alpha value is -0.0404. The first-order valence-corrected chi connectivity index (χ1v) is 9.38. The van der Waals surface area contributed by atoms with Crippen LogP contribution in [0.3, 0.4) is 0 Å². The standard InChI is InChI=1S/C13H11Te.HI/c1-14-12-8-4-2-6-10(12)11-7-3-5-9-13(11)14;/h2-9H,1H3;1H/q+1;/p-1. The monoisotopic (exact) mass is 424 g/mol. The molecule has 2 aromatic carbocycles. The molecule has 0 aliphatic carbocycles. The van der Waals surface area contributed by atoms with Crippen molar-refractivity contribution in [3.05, 3.63) is 48.5 Å². The van der Waals surface area contributed by atoms with E-state index in [4.69, 9.17) is 0 Å². The number of halogens is 1. The summed E-state index contributed by atoms with van der Waals surface area (Å²) in [6, 6.07) is 17.8. The molecular formula is C13H11ITe. The summed E-state index contributed by atoms with van der Waals surface area (Å²) >= 11 is -1.16. The Kier molecular flexibility index (Phi) is 3.39. The van der Waals surface area contributed by atoms with Gasteiger partial charge in [-0.15, -0.1) is 0 Å². The van der Waals surface area contributed by atoms with Crippen molar-refractivity contribution >= 4 is 36.6 Å². The number of rotatable bonds is 0. The van der Waals surface area contributed by atoms with Crippen molar-refractivity contribution in [1.29, 1.82) is 0 Å². The molecule has 3 aromatic rings. The average molecular weight is 422 g/mol. The summed E-state index contributed by atoms with van der Waals surface area (Å²) in [6.07, 6.45) is 0. The average Bonchev–Trinajstić information content (AvgIpc) is 2.55. The van der Waals surface area contributed by atoms with Crippen LogP contribution in [0.2, 0.25) is 0 Å². The summed E-state index contributed by atoms with van der Waals surface area (Å²) < 4.78 is 3.27. The fourth-order valence-corrected chi connectivity index (χ4v) is 7.22. The maximum atomic E-state index is 2.45. The summed E-state index contributed by atoms with van der Waals surface area (Å²) in [5.74, 6) is 0. The molecule has 0 aliphatic heterocycles. The van der Waals surface area contributed by atoms with Crippen molar-refractivity contribution in [1.82, 2.24) is 0 Å². The summed E-state index contributed by atoms with van der Waals surface area (Å²) in [5.41, 5.74) is 0. The molecule has 0 atom stereocenters. The molecule has 0 amide bonds. The van der Waals surface area contributed by atoms with Crippen LogP contribution in [0.25, 0.3) is 17.6 Å². The Morgan fingerprint density at radius 1 is 0.733 bits per heavy atom. The normalized spacial score (nSPS) is 10.5. The van der Waals surface area contributed by atoms with E-state index in [0.29, 0.717) is 0 Å². The van der Waals surface area contributed by atoms with Gasteiger partial charge in [0.1, 0.15) is 0 Å². The molecule has 0 N–H and O–H groups in total. The van der Waals surface area contributed by atoms with E-state index in [1.807, 2.05) is 0 Å². The Bertz CT molecular complexity index is 557. The summed E-state index contributed by atoms with van der Waals surface area (Å²) in [6.45, 7) is 0. The van der Waals surface area contributed by atoms with Gasteiger partial charge in [-0.25, -0.2) is 0 Å². The first kappa shape index (κ1) is 11.4. The molecule has 0 aliphatic rings. The molecule has 1 aromatic heterocycles. The number of fused-ring (bicyclic) bond motifs is 3. The van der Waals surface area contributed by atoms with E-state index in [0.717, 1.165) is 0 Å². The zero-order valence-electron chi connectivity index (χ0n) is 8.41. The first-order valence-electron chi connectivity index (χ1n) is 4.72. The van der Waals surface area contributed by atoms with E-state index in [1.54, 1.807) is 6.80 Å². The fraction of sp³-hybridized carbons (Fsp3) is 0.0769. The quantitative estimate of drug-likeness (QED) is 0.361. The van der Waals surface area contributed by atoms with Crippen LogP contribution in [0.5, 0.6) is 0 Å². The molecule has 15 heavy (non-hydrogen) atoms. The summed E-state index contributed by atoms with van der Waals surface area (Å²) in [4.78, 5) is 2.45. The zero-order valence-corrected chi connectivity index (χ0v) is 12.9. The smallest absolute Gasteiger partial charge is 1.00 e. The van der Waals surface area contributed by atoms with E-state index in [-0.39, 0.29) is 24.0 Å². The second kappa shape index (κ2) is 4.45. The Morgan fingerprint density at radius 2 is 1.13 bits per heavy atom. The van der Waals surface area contributed by atoms with E-state index in [1.165, 1.54) is 10.8 Å². The van der Waals surface area contributed by atoms with Crippen LogP contribution in [-0.4, -0.2) is 19.1 Å². The van der Waals surface area contributed by atoms with Crippen LogP contribution >= 0.6 is 0 Å². The summed E-state index contributed by atoms with van der Waals surface area (Å²) in [5, 5.41) is 2.98. The molecule has 0 bridgehead atoms. The van der Waals surface area contributed by atoms with Crippen LogP contribution in [0.15, 0.2) is 48.5 Å². The van der Waals surface area contributed by atoms with Crippen LogP contribution in [0.4, 0.5) is 0 Å². The molecule has 0 saturated carbocycles. The minimum Gasteiger partial charge on any atom is -1.00 e. The molecule has 0 spiro atoms. The third-order valence-corrected chi connectivity index (χ3v) is 8.52. The van der Waals surface area contributed by atoms with Crippen LogP contribution in [0, 0.1) is 0 Å². The van der Waals surface area contributed by atoms with Crippen molar-refractivity contribution in [2.75, 3.05) is 0 Å². The molecule has 0 nitrogen and oxygen atoms in total. The molecule has 0 saturated heterocycles. The summed E-state index contributed by atoms with van der Waals surface area (Å²) in [7, 11) is 0. The van der Waals surface area contributed by atoms with E-state index in [2.05, 4.69) is 53.5 Å². The largest absolute Gasteiger partial charge is 1.00 e. The Morgan fingerprint density at radius 3 is 1.60 bits per heavy atom. The zero-order chi connectivity index (χ0) is 9.54. The van der Waals surface area contributed by atoms with Gasteiger partial charge >= 0.3 is 90.1 Å². The second-order valence-electron chi connectivity index (χ2n) is 3.50. The van der Waals surface area contributed by atoms with E-state index < -0.39 is 19.1 Å². The van der Waals surface area contributed by atoms with Gasteiger partial charge in [0.05, 0.1) is 0 Å². The predicted octanol–water partition coefficient (Wildman–Crippen LogP) is 0.279. The van der Waals surface area contributed by atoms with Gasteiger partial charge < -0.3 is 24.0 Å². The third-order valence-electron chi connectivity index (χ3n) is 2.72. The van der Waals surface area contributed by atoms with Crippen molar-refractivity contribution < 1.29 is 24.0 Å². The molecule has 1 heterocycles. The van der Waals surface area contributed by atoms with Gasteiger partial charge in [-0.2, -0.15) is 0 Å². The topological polar surface area (TPSA) is 0 Å². The van der Waals surface area contributed by atoms with Gasteiger partial charge in [-0.1, -0.05) is 0 Å². The number of benzene rings is 2. The predicted molar refractivity (Wildman–Crippen MR) is 64.0 cm³/mol. The maximum absolute atomic E-state index is 2.45. The second-order valence-corrected chi connectivity index (χ2v) is 8.93. The van der Waals surface area contributed by atoms with Gasteiger partial charge in [-0.3, -0.25) is 0 Å². The number of aryl methyl sites for hydroxylation is 1. The maximum Gasteiger partial charge on any atom is -1.00 e. The number of hydrogen-bond donors (Lipinski definition) is 0. The van der Waals surface area contributed by atoms with Crippen LogP contribution in [-0.2, 0) is 4.97 Å². The molecule has 2 heteroatoms. The molecule has 0 radical (unpaired) electrons. The van der Waals surface area contributed by atoms with E-state index in [9.17, 15) is 0 Å². The van der Waals surface area contributed by atoms with Gasteiger partial charge in [-0.05, 0) is 0 Å². The van der Waals surface area contributed by atoms with Gasteiger partial charge in [0.15, 0.2) is 0 Å². The van der Waals surface area contributed by atoms with Gasteiger partial charge in [0.2, 0.25) is 0 Å². The minimum absolute atomic E-state index is 0.